The zero-order chi connectivity index (χ0) is 15.6. The second-order valence-electron chi connectivity index (χ2n) is 4.92. The highest BCUT2D eigenvalue weighted by Gasteiger charge is 2.34. The molecule has 1 aliphatic rings. The summed E-state index contributed by atoms with van der Waals surface area (Å²) in [4.78, 5) is 11.2. The predicted octanol–water partition coefficient (Wildman–Crippen LogP) is 2.70. The van der Waals surface area contributed by atoms with E-state index in [1.54, 1.807) is 11.1 Å². The first kappa shape index (κ1) is 15.3. The van der Waals surface area contributed by atoms with Crippen LogP contribution in [-0.2, 0) is 11.0 Å². The van der Waals surface area contributed by atoms with E-state index in [1.807, 2.05) is 6.92 Å². The molecule has 1 aromatic rings. The lowest BCUT2D eigenvalue weighted by molar-refractivity contribution is -0.137. The highest BCUT2D eigenvalue weighted by Crippen LogP contribution is 2.35. The van der Waals surface area contributed by atoms with Gasteiger partial charge in [0.05, 0.1) is 11.6 Å². The number of primary amides is 1. The molecule has 0 bridgehead atoms. The number of amides is 1. The molecule has 21 heavy (non-hydrogen) atoms. The number of carbonyl (C=O) groups excluding carboxylic acids is 1. The quantitative estimate of drug-likeness (QED) is 0.929. The van der Waals surface area contributed by atoms with Crippen molar-refractivity contribution in [2.24, 2.45) is 10.8 Å². The Balaban J connectivity index is 2.31. The minimum Gasteiger partial charge on any atom is -0.364 e. The summed E-state index contributed by atoms with van der Waals surface area (Å²) in [6, 6.07) is 4.73. The van der Waals surface area contributed by atoms with Gasteiger partial charge in [0.2, 0.25) is 0 Å². The van der Waals surface area contributed by atoms with Gasteiger partial charge in [-0.05, 0) is 24.1 Å². The lowest BCUT2D eigenvalue weighted by Crippen LogP contribution is -2.22. The average molecular weight is 299 g/mol. The van der Waals surface area contributed by atoms with Crippen molar-refractivity contribution in [3.8, 4) is 0 Å². The average Bonchev–Trinajstić information content (AvgIpc) is 2.83. The molecule has 0 saturated heterocycles. The Kier molecular flexibility index (Phi) is 4.20. The molecule has 1 atom stereocenters. The number of rotatable bonds is 4. The Morgan fingerprint density at radius 3 is 2.76 bits per heavy atom. The van der Waals surface area contributed by atoms with Gasteiger partial charge >= 0.3 is 6.18 Å². The van der Waals surface area contributed by atoms with Crippen LogP contribution in [0.2, 0.25) is 0 Å². The Hall–Kier alpha value is -2.05. The molecule has 1 unspecified atom stereocenters. The minimum absolute atomic E-state index is 0.200. The molecule has 0 aromatic heterocycles. The van der Waals surface area contributed by atoms with E-state index in [4.69, 9.17) is 5.73 Å². The topological polar surface area (TPSA) is 58.7 Å². The molecule has 1 amide bonds. The molecule has 0 aliphatic carbocycles. The van der Waals surface area contributed by atoms with E-state index in [-0.39, 0.29) is 18.2 Å². The molecule has 2 N–H and O–H groups in total. The number of hydrogen-bond acceptors (Lipinski definition) is 3. The van der Waals surface area contributed by atoms with E-state index >= 15 is 0 Å². The normalized spacial score (nSPS) is 18.8. The fourth-order valence-electron chi connectivity index (χ4n) is 2.35. The van der Waals surface area contributed by atoms with E-state index in [0.29, 0.717) is 12.1 Å². The van der Waals surface area contributed by atoms with Crippen molar-refractivity contribution >= 4 is 11.6 Å². The number of hydrazone groups is 1. The monoisotopic (exact) mass is 299 g/mol. The first-order valence-electron chi connectivity index (χ1n) is 6.64. The van der Waals surface area contributed by atoms with Gasteiger partial charge in [0, 0.05) is 13.0 Å². The van der Waals surface area contributed by atoms with Crippen molar-refractivity contribution in [1.82, 2.24) is 5.01 Å². The van der Waals surface area contributed by atoms with Crippen LogP contribution in [0.1, 0.15) is 36.9 Å². The first-order chi connectivity index (χ1) is 9.82. The highest BCUT2D eigenvalue weighted by atomic mass is 19.4. The fraction of sp³-hybridized carbons (Fsp3) is 0.429. The van der Waals surface area contributed by atoms with Gasteiger partial charge in [-0.2, -0.15) is 18.3 Å². The maximum atomic E-state index is 12.8. The maximum Gasteiger partial charge on any atom is 0.416 e. The Bertz CT molecular complexity index is 569. The molecule has 2 rings (SSSR count). The van der Waals surface area contributed by atoms with E-state index in [9.17, 15) is 18.0 Å². The summed E-state index contributed by atoms with van der Waals surface area (Å²) in [5.41, 5.74) is 5.20. The lowest BCUT2D eigenvalue weighted by atomic mass is 9.99. The van der Waals surface area contributed by atoms with E-state index in [0.717, 1.165) is 18.6 Å². The van der Waals surface area contributed by atoms with Crippen molar-refractivity contribution in [3.05, 3.63) is 35.4 Å². The summed E-state index contributed by atoms with van der Waals surface area (Å²) in [5, 5.41) is 5.76. The van der Waals surface area contributed by atoms with Gasteiger partial charge in [-0.3, -0.25) is 9.80 Å². The van der Waals surface area contributed by atoms with Crippen LogP contribution in [-0.4, -0.2) is 23.2 Å². The summed E-state index contributed by atoms with van der Waals surface area (Å²) >= 11 is 0. The Labute approximate surface area is 120 Å². The smallest absolute Gasteiger partial charge is 0.364 e. The molecule has 4 nitrogen and oxygen atoms in total. The summed E-state index contributed by atoms with van der Waals surface area (Å²) in [7, 11) is 0. The van der Waals surface area contributed by atoms with Crippen molar-refractivity contribution in [2.45, 2.75) is 32.0 Å². The second-order valence-corrected chi connectivity index (χ2v) is 4.92. The van der Waals surface area contributed by atoms with Gasteiger partial charge < -0.3 is 5.73 Å². The Morgan fingerprint density at radius 2 is 2.19 bits per heavy atom. The van der Waals surface area contributed by atoms with Gasteiger partial charge in [-0.15, -0.1) is 0 Å². The van der Waals surface area contributed by atoms with Crippen LogP contribution in [0.15, 0.2) is 29.4 Å². The number of alkyl halides is 3. The number of carbonyl (C=O) groups is 1. The molecule has 1 heterocycles. The van der Waals surface area contributed by atoms with Crippen molar-refractivity contribution in [1.29, 1.82) is 0 Å². The third kappa shape index (κ3) is 3.34. The Morgan fingerprint density at radius 1 is 1.48 bits per heavy atom. The molecule has 0 fully saturated rings. The molecule has 0 spiro atoms. The molecular formula is C14H16F3N3O. The second kappa shape index (κ2) is 5.75. The third-order valence-electron chi connectivity index (χ3n) is 3.33. The maximum absolute atomic E-state index is 12.8. The summed E-state index contributed by atoms with van der Waals surface area (Å²) in [6.45, 7) is 2.48. The van der Waals surface area contributed by atoms with E-state index in [1.165, 1.54) is 6.07 Å². The number of nitrogens with zero attached hydrogens (tertiary/aromatic N) is 2. The summed E-state index contributed by atoms with van der Waals surface area (Å²) < 4.78 is 38.4. The molecule has 7 heteroatoms. The van der Waals surface area contributed by atoms with Crippen LogP contribution in [0.4, 0.5) is 13.2 Å². The van der Waals surface area contributed by atoms with Crippen LogP contribution >= 0.6 is 0 Å². The van der Waals surface area contributed by atoms with Crippen molar-refractivity contribution in [3.63, 3.8) is 0 Å². The molecule has 0 saturated carbocycles. The fourth-order valence-corrected chi connectivity index (χ4v) is 2.35. The van der Waals surface area contributed by atoms with Gasteiger partial charge in [0.1, 0.15) is 5.71 Å². The van der Waals surface area contributed by atoms with Gasteiger partial charge in [0.15, 0.2) is 0 Å². The molecule has 0 radical (unpaired) electrons. The van der Waals surface area contributed by atoms with Crippen LogP contribution in [0.3, 0.4) is 0 Å². The SMILES string of the molecule is CCCN1N=C(C(N)=O)CC1c1cccc(C(F)(F)F)c1. The molecule has 1 aromatic carbocycles. The highest BCUT2D eigenvalue weighted by molar-refractivity contribution is 6.38. The van der Waals surface area contributed by atoms with Crippen LogP contribution in [0, 0.1) is 0 Å². The zero-order valence-electron chi connectivity index (χ0n) is 11.5. The molecule has 1 aliphatic heterocycles. The lowest BCUT2D eigenvalue weighted by Gasteiger charge is -2.24. The van der Waals surface area contributed by atoms with Crippen LogP contribution in [0.5, 0.6) is 0 Å². The van der Waals surface area contributed by atoms with E-state index in [2.05, 4.69) is 5.10 Å². The largest absolute Gasteiger partial charge is 0.416 e. The molecule has 114 valence electrons. The van der Waals surface area contributed by atoms with E-state index < -0.39 is 17.6 Å². The number of hydrogen-bond donors (Lipinski definition) is 1. The first-order valence-corrected chi connectivity index (χ1v) is 6.64. The van der Waals surface area contributed by atoms with Gasteiger partial charge in [-0.25, -0.2) is 0 Å². The van der Waals surface area contributed by atoms with Gasteiger partial charge in [-0.1, -0.05) is 19.1 Å². The number of halogens is 3. The minimum atomic E-state index is -4.39. The van der Waals surface area contributed by atoms with Crippen LogP contribution in [0.25, 0.3) is 0 Å². The van der Waals surface area contributed by atoms with Crippen LogP contribution < -0.4 is 5.73 Å². The molecular weight excluding hydrogens is 283 g/mol. The van der Waals surface area contributed by atoms with Crippen molar-refractivity contribution < 1.29 is 18.0 Å². The zero-order valence-corrected chi connectivity index (χ0v) is 11.5. The standard InChI is InChI=1S/C14H16F3N3O/c1-2-6-20-12(8-11(19-20)13(18)21)9-4-3-5-10(7-9)14(15,16)17/h3-5,7,12H,2,6,8H2,1H3,(H2,18,21). The van der Waals surface area contributed by atoms with Gasteiger partial charge in [0.25, 0.3) is 5.91 Å². The summed E-state index contributed by atoms with van der Waals surface area (Å²) in [5.74, 6) is -0.634. The number of benzene rings is 1. The number of nitrogens with two attached hydrogens (primary N) is 1. The third-order valence-corrected chi connectivity index (χ3v) is 3.33. The van der Waals surface area contributed by atoms with Crippen molar-refractivity contribution in [2.75, 3.05) is 6.54 Å². The summed E-state index contributed by atoms with van der Waals surface area (Å²) in [6.07, 6.45) is -3.39. The predicted molar refractivity (Wildman–Crippen MR) is 72.4 cm³/mol.